The van der Waals surface area contributed by atoms with Crippen molar-refractivity contribution in [1.82, 2.24) is 0 Å². The lowest BCUT2D eigenvalue weighted by molar-refractivity contribution is -0.0388. The van der Waals surface area contributed by atoms with Crippen molar-refractivity contribution in [2.75, 3.05) is 33.0 Å². The lowest BCUT2D eigenvalue weighted by atomic mass is 9.88. The molecule has 0 spiro atoms. The van der Waals surface area contributed by atoms with Gasteiger partial charge in [-0.2, -0.15) is 0 Å². The van der Waals surface area contributed by atoms with Gasteiger partial charge in [0.05, 0.1) is 33.0 Å². The third-order valence-electron chi connectivity index (χ3n) is 2.57. The Bertz CT molecular complexity index is 135. The fourth-order valence-corrected chi connectivity index (χ4v) is 0.729. The van der Waals surface area contributed by atoms with Crippen LogP contribution >= 0.6 is 0 Å². The molecular weight excluding hydrogens is 232 g/mol. The van der Waals surface area contributed by atoms with Gasteiger partial charge in [0.1, 0.15) is 12.2 Å². The predicted molar refractivity (Wildman–Crippen MR) is 60.2 cm³/mol. The lowest BCUT2D eigenvalue weighted by Gasteiger charge is -2.24. The molecule has 17 heavy (non-hydrogen) atoms. The summed E-state index contributed by atoms with van der Waals surface area (Å²) in [5.41, 5.74) is -0.667. The molecule has 0 aliphatic carbocycles. The summed E-state index contributed by atoms with van der Waals surface area (Å²) >= 11 is 0. The molecule has 0 fully saturated rings. The summed E-state index contributed by atoms with van der Waals surface area (Å²) in [4.78, 5) is 0. The van der Waals surface area contributed by atoms with Crippen LogP contribution in [0.25, 0.3) is 0 Å². The fraction of sp³-hybridized carbons (Fsp3) is 1.00. The van der Waals surface area contributed by atoms with Crippen molar-refractivity contribution >= 4 is 0 Å². The molecule has 0 saturated carbocycles. The van der Waals surface area contributed by atoms with E-state index in [9.17, 15) is 0 Å². The van der Waals surface area contributed by atoms with E-state index in [0.29, 0.717) is 6.42 Å². The van der Waals surface area contributed by atoms with E-state index in [1.165, 1.54) is 0 Å². The number of hydrogen-bond acceptors (Lipinski definition) is 7. The third kappa shape index (κ3) is 7.61. The summed E-state index contributed by atoms with van der Waals surface area (Å²) in [7, 11) is 0. The van der Waals surface area contributed by atoms with Crippen molar-refractivity contribution < 1.29 is 35.7 Å². The molecule has 0 saturated heterocycles. The van der Waals surface area contributed by atoms with Crippen molar-refractivity contribution in [3.63, 3.8) is 0 Å². The SMILES string of the molecule is CCC(CO)(CO)CO.OCC(O)C(O)CO. The highest BCUT2D eigenvalue weighted by molar-refractivity contribution is 4.74. The number of aliphatic hydroxyl groups is 7. The van der Waals surface area contributed by atoms with Crippen molar-refractivity contribution in [2.45, 2.75) is 25.6 Å². The van der Waals surface area contributed by atoms with Gasteiger partial charge >= 0.3 is 0 Å². The van der Waals surface area contributed by atoms with Crippen LogP contribution in [-0.4, -0.2) is 81.0 Å². The maximum Gasteiger partial charge on any atom is 0.105 e. The lowest BCUT2D eigenvalue weighted by Crippen LogP contribution is -2.32. The minimum absolute atomic E-state index is 0.156. The molecule has 7 nitrogen and oxygen atoms in total. The summed E-state index contributed by atoms with van der Waals surface area (Å²) in [5.74, 6) is 0. The Labute approximate surface area is 101 Å². The van der Waals surface area contributed by atoms with Gasteiger partial charge in [0.2, 0.25) is 0 Å². The quantitative estimate of drug-likeness (QED) is 0.258. The van der Waals surface area contributed by atoms with Crippen LogP contribution < -0.4 is 0 Å². The molecule has 0 heterocycles. The van der Waals surface area contributed by atoms with Crippen molar-refractivity contribution in [3.05, 3.63) is 0 Å². The van der Waals surface area contributed by atoms with Gasteiger partial charge in [-0.1, -0.05) is 6.92 Å². The molecular formula is C10H24O7. The summed E-state index contributed by atoms with van der Waals surface area (Å²) in [6.07, 6.45) is -1.85. The molecule has 0 aliphatic heterocycles. The van der Waals surface area contributed by atoms with Gasteiger partial charge < -0.3 is 35.7 Å². The normalized spacial score (nSPS) is 14.8. The zero-order valence-corrected chi connectivity index (χ0v) is 10.0. The number of rotatable bonds is 7. The van der Waals surface area contributed by atoms with Crippen LogP contribution in [0.15, 0.2) is 0 Å². The molecule has 0 bridgehead atoms. The van der Waals surface area contributed by atoms with E-state index in [4.69, 9.17) is 35.7 Å². The molecule has 0 rings (SSSR count). The minimum Gasteiger partial charge on any atom is -0.396 e. The van der Waals surface area contributed by atoms with Crippen LogP contribution in [0.2, 0.25) is 0 Å². The highest BCUT2D eigenvalue weighted by Gasteiger charge is 2.24. The molecule has 0 aliphatic rings. The van der Waals surface area contributed by atoms with E-state index < -0.39 is 30.8 Å². The Morgan fingerprint density at radius 2 is 1.06 bits per heavy atom. The van der Waals surface area contributed by atoms with E-state index in [1.54, 1.807) is 0 Å². The second kappa shape index (κ2) is 10.8. The largest absolute Gasteiger partial charge is 0.396 e. The van der Waals surface area contributed by atoms with Gasteiger partial charge in [-0.05, 0) is 6.42 Å². The summed E-state index contributed by atoms with van der Waals surface area (Å²) < 4.78 is 0. The van der Waals surface area contributed by atoms with Gasteiger partial charge in [-0.15, -0.1) is 0 Å². The zero-order chi connectivity index (χ0) is 13.9. The van der Waals surface area contributed by atoms with Crippen LogP contribution in [0.4, 0.5) is 0 Å². The smallest absolute Gasteiger partial charge is 0.105 e. The molecule has 0 aromatic heterocycles. The van der Waals surface area contributed by atoms with E-state index in [2.05, 4.69) is 0 Å². The molecule has 2 atom stereocenters. The Morgan fingerprint density at radius 1 is 0.765 bits per heavy atom. The molecule has 7 heteroatoms. The highest BCUT2D eigenvalue weighted by atomic mass is 16.4. The molecule has 7 N–H and O–H groups in total. The van der Waals surface area contributed by atoms with Crippen molar-refractivity contribution in [1.29, 1.82) is 0 Å². The summed E-state index contributed by atoms with van der Waals surface area (Å²) in [6, 6.07) is 0. The van der Waals surface area contributed by atoms with Gasteiger partial charge in [0.15, 0.2) is 0 Å². The summed E-state index contributed by atoms with van der Waals surface area (Å²) in [6.45, 7) is 0.301. The first-order valence-corrected chi connectivity index (χ1v) is 5.37. The van der Waals surface area contributed by atoms with E-state index >= 15 is 0 Å². The van der Waals surface area contributed by atoms with Gasteiger partial charge in [0, 0.05) is 5.41 Å². The standard InChI is InChI=1S/C6H14O3.C4H10O4/c1-2-6(3-7,4-8)5-9;5-1-3(7)4(8)2-6/h7-9H,2-5H2,1H3;3-8H,1-2H2. The molecule has 0 aromatic carbocycles. The van der Waals surface area contributed by atoms with Crippen LogP contribution in [0.1, 0.15) is 13.3 Å². The Kier molecular flexibility index (Phi) is 12.2. The molecule has 0 radical (unpaired) electrons. The first kappa shape index (κ1) is 19.1. The van der Waals surface area contributed by atoms with E-state index in [-0.39, 0.29) is 19.8 Å². The fourth-order valence-electron chi connectivity index (χ4n) is 0.729. The number of aliphatic hydroxyl groups excluding tert-OH is 7. The highest BCUT2D eigenvalue weighted by Crippen LogP contribution is 2.18. The van der Waals surface area contributed by atoms with Gasteiger partial charge in [-0.25, -0.2) is 0 Å². The first-order chi connectivity index (χ1) is 7.96. The first-order valence-electron chi connectivity index (χ1n) is 5.37. The number of hydrogen-bond donors (Lipinski definition) is 7. The molecule has 106 valence electrons. The Balaban J connectivity index is 0. The van der Waals surface area contributed by atoms with Crippen LogP contribution in [-0.2, 0) is 0 Å². The minimum atomic E-state index is -1.22. The maximum atomic E-state index is 8.66. The Hall–Kier alpha value is -0.280. The van der Waals surface area contributed by atoms with Crippen molar-refractivity contribution in [2.24, 2.45) is 5.41 Å². The van der Waals surface area contributed by atoms with Crippen LogP contribution in [0.5, 0.6) is 0 Å². The van der Waals surface area contributed by atoms with E-state index in [1.807, 2.05) is 6.92 Å². The predicted octanol–water partition coefficient (Wildman–Crippen LogP) is -2.95. The topological polar surface area (TPSA) is 142 Å². The average Bonchev–Trinajstić information content (AvgIpc) is 2.41. The van der Waals surface area contributed by atoms with Crippen LogP contribution in [0, 0.1) is 5.41 Å². The average molecular weight is 256 g/mol. The second-order valence-electron chi connectivity index (χ2n) is 3.83. The summed E-state index contributed by atoms with van der Waals surface area (Å²) in [5, 5.41) is 59.1. The Morgan fingerprint density at radius 3 is 1.12 bits per heavy atom. The molecule has 2 unspecified atom stereocenters. The molecule has 0 aromatic rings. The van der Waals surface area contributed by atoms with Crippen LogP contribution in [0.3, 0.4) is 0 Å². The van der Waals surface area contributed by atoms with Gasteiger partial charge in [-0.3, -0.25) is 0 Å². The van der Waals surface area contributed by atoms with Gasteiger partial charge in [0.25, 0.3) is 0 Å². The van der Waals surface area contributed by atoms with Crippen molar-refractivity contribution in [3.8, 4) is 0 Å². The second-order valence-corrected chi connectivity index (χ2v) is 3.83. The maximum absolute atomic E-state index is 8.66. The monoisotopic (exact) mass is 256 g/mol. The third-order valence-corrected chi connectivity index (χ3v) is 2.57. The zero-order valence-electron chi connectivity index (χ0n) is 10.0. The van der Waals surface area contributed by atoms with E-state index in [0.717, 1.165) is 0 Å². The molecule has 0 amide bonds.